The minimum atomic E-state index is -0.658. The van der Waals surface area contributed by atoms with E-state index in [2.05, 4.69) is 10.6 Å². The van der Waals surface area contributed by atoms with Crippen LogP contribution in [-0.2, 0) is 14.3 Å². The molecular weight excluding hydrogens is 515 g/mol. The molecule has 3 rings (SSSR count). The molecule has 1 heterocycles. The number of anilines is 1. The van der Waals surface area contributed by atoms with Gasteiger partial charge in [0.2, 0.25) is 5.91 Å². The number of nitrogens with one attached hydrogen (secondary N) is 2. The normalized spacial score (nSPS) is 10.6. The number of hydrogen-bond acceptors (Lipinski definition) is 7. The maximum Gasteiger partial charge on any atom is 0.337 e. The molecule has 35 heavy (non-hydrogen) atoms. The van der Waals surface area contributed by atoms with Crippen LogP contribution in [0.4, 0.5) is 5.69 Å². The Bertz CT molecular complexity index is 1280. The monoisotopic (exact) mass is 532 g/mol. The molecule has 3 aromatic rings. The highest BCUT2D eigenvalue weighted by molar-refractivity contribution is 7.80. The van der Waals surface area contributed by atoms with Crippen LogP contribution < -0.4 is 10.6 Å². The molecule has 180 valence electrons. The van der Waals surface area contributed by atoms with Gasteiger partial charge in [0.1, 0.15) is 11.5 Å². The van der Waals surface area contributed by atoms with Gasteiger partial charge in [-0.2, -0.15) is 0 Å². The number of hydrogen-bond donors (Lipinski definition) is 2. The molecule has 8 nitrogen and oxygen atoms in total. The summed E-state index contributed by atoms with van der Waals surface area (Å²) >= 11 is 17.2. The first-order valence-electron chi connectivity index (χ1n) is 9.86. The summed E-state index contributed by atoms with van der Waals surface area (Å²) in [5.74, 6) is -0.912. The van der Waals surface area contributed by atoms with Crippen molar-refractivity contribution in [3.63, 3.8) is 0 Å². The minimum absolute atomic E-state index is 0.0637. The van der Waals surface area contributed by atoms with Crippen LogP contribution in [0.1, 0.15) is 26.5 Å². The Morgan fingerprint density at radius 3 is 2.09 bits per heavy atom. The van der Waals surface area contributed by atoms with Crippen molar-refractivity contribution in [1.29, 1.82) is 0 Å². The van der Waals surface area contributed by atoms with E-state index >= 15 is 0 Å². The molecule has 0 aliphatic heterocycles. The van der Waals surface area contributed by atoms with Gasteiger partial charge in [-0.25, -0.2) is 9.59 Å². The molecule has 2 N–H and O–H groups in total. The number of carbonyl (C=O) groups excluding carboxylic acids is 3. The van der Waals surface area contributed by atoms with Crippen LogP contribution >= 0.6 is 35.4 Å². The van der Waals surface area contributed by atoms with Gasteiger partial charge in [-0.15, -0.1) is 0 Å². The summed E-state index contributed by atoms with van der Waals surface area (Å²) < 4.78 is 15.1. The van der Waals surface area contributed by atoms with Crippen LogP contribution in [0.3, 0.4) is 0 Å². The lowest BCUT2D eigenvalue weighted by Gasteiger charge is -2.11. The van der Waals surface area contributed by atoms with Crippen molar-refractivity contribution in [3.05, 3.63) is 81.5 Å². The third-order valence-electron chi connectivity index (χ3n) is 4.44. The molecule has 0 atom stereocenters. The van der Waals surface area contributed by atoms with Gasteiger partial charge in [-0.1, -0.05) is 23.2 Å². The molecule has 11 heteroatoms. The van der Waals surface area contributed by atoms with Crippen molar-refractivity contribution in [1.82, 2.24) is 5.32 Å². The van der Waals surface area contributed by atoms with E-state index in [-0.39, 0.29) is 21.9 Å². The van der Waals surface area contributed by atoms with E-state index in [1.54, 1.807) is 30.3 Å². The zero-order valence-electron chi connectivity index (χ0n) is 18.4. The number of methoxy groups -OCH3 is 2. The van der Waals surface area contributed by atoms with Gasteiger partial charge in [-0.05, 0) is 66.8 Å². The van der Waals surface area contributed by atoms with Crippen molar-refractivity contribution in [2.45, 2.75) is 0 Å². The predicted molar refractivity (Wildman–Crippen MR) is 137 cm³/mol. The summed E-state index contributed by atoms with van der Waals surface area (Å²) in [5.41, 5.74) is 1.17. The summed E-state index contributed by atoms with van der Waals surface area (Å²) in [4.78, 5) is 36.1. The van der Waals surface area contributed by atoms with Crippen LogP contribution in [0.2, 0.25) is 10.0 Å². The number of furan rings is 1. The Labute approximate surface area is 215 Å². The lowest BCUT2D eigenvalue weighted by atomic mass is 10.1. The minimum Gasteiger partial charge on any atom is -0.465 e. The standard InChI is InChI=1S/C24H18Cl2N2O6S/c1-32-22(30)14-7-15(23(31)33-2)11-18(10-14)27-24(35)28-21(29)6-4-19-3-5-20(34-19)13-8-16(25)12-17(26)9-13/h3-12H,1-2H3,(H2,27,28,29,35)/b6-4+. The van der Waals surface area contributed by atoms with Gasteiger partial charge in [0.05, 0.1) is 25.3 Å². The fourth-order valence-electron chi connectivity index (χ4n) is 2.94. The van der Waals surface area contributed by atoms with Gasteiger partial charge in [0, 0.05) is 27.4 Å². The maximum absolute atomic E-state index is 12.3. The molecule has 0 saturated carbocycles. The fourth-order valence-corrected chi connectivity index (χ4v) is 3.68. The van der Waals surface area contributed by atoms with Gasteiger partial charge < -0.3 is 19.2 Å². The van der Waals surface area contributed by atoms with Crippen molar-refractivity contribution < 1.29 is 28.3 Å². The van der Waals surface area contributed by atoms with Crippen molar-refractivity contribution in [3.8, 4) is 11.3 Å². The van der Waals surface area contributed by atoms with E-state index in [1.807, 2.05) is 0 Å². The summed E-state index contributed by atoms with van der Waals surface area (Å²) in [6, 6.07) is 12.6. The average molecular weight is 533 g/mol. The Kier molecular flexibility index (Phi) is 8.64. The molecule has 1 amide bonds. The third-order valence-corrected chi connectivity index (χ3v) is 5.08. The third kappa shape index (κ3) is 7.16. The van der Waals surface area contributed by atoms with E-state index in [0.717, 1.165) is 0 Å². The largest absolute Gasteiger partial charge is 0.465 e. The topological polar surface area (TPSA) is 107 Å². The van der Waals surface area contributed by atoms with Crippen molar-refractivity contribution in [2.24, 2.45) is 0 Å². The molecule has 2 aromatic carbocycles. The number of ether oxygens (including phenoxy) is 2. The second-order valence-corrected chi connectivity index (χ2v) is 8.20. The Hall–Kier alpha value is -3.66. The maximum atomic E-state index is 12.3. The van der Waals surface area contributed by atoms with E-state index in [4.69, 9.17) is 49.3 Å². The summed E-state index contributed by atoms with van der Waals surface area (Å²) in [7, 11) is 2.42. The highest BCUT2D eigenvalue weighted by Gasteiger charge is 2.15. The van der Waals surface area contributed by atoms with E-state index in [0.29, 0.717) is 27.1 Å². The molecule has 0 aliphatic carbocycles. The molecular formula is C24H18Cl2N2O6S. The number of rotatable bonds is 6. The average Bonchev–Trinajstić information content (AvgIpc) is 3.30. The fraction of sp³-hybridized carbons (Fsp3) is 0.0833. The first-order chi connectivity index (χ1) is 16.7. The van der Waals surface area contributed by atoms with Crippen molar-refractivity contribution in [2.75, 3.05) is 19.5 Å². The van der Waals surface area contributed by atoms with E-state index in [1.165, 1.54) is 44.6 Å². The Balaban J connectivity index is 1.66. The molecule has 0 bridgehead atoms. The number of benzene rings is 2. The number of thiocarbonyl (C=S) groups is 1. The van der Waals surface area contributed by atoms with Gasteiger partial charge in [-0.3, -0.25) is 10.1 Å². The summed E-state index contributed by atoms with van der Waals surface area (Å²) in [5, 5.41) is 6.09. The van der Waals surface area contributed by atoms with Crippen LogP contribution in [0.5, 0.6) is 0 Å². The Morgan fingerprint density at radius 1 is 0.914 bits per heavy atom. The number of esters is 2. The van der Waals surface area contributed by atoms with Crippen LogP contribution in [0.15, 0.2) is 59.0 Å². The smallest absolute Gasteiger partial charge is 0.337 e. The Morgan fingerprint density at radius 2 is 1.51 bits per heavy atom. The van der Waals surface area contributed by atoms with Crippen molar-refractivity contribution >= 4 is 70.1 Å². The van der Waals surface area contributed by atoms with Crippen LogP contribution in [-0.4, -0.2) is 37.2 Å². The molecule has 0 aliphatic rings. The molecule has 0 radical (unpaired) electrons. The molecule has 0 unspecified atom stereocenters. The molecule has 1 aromatic heterocycles. The quantitative estimate of drug-likeness (QED) is 0.248. The van der Waals surface area contributed by atoms with E-state index < -0.39 is 17.8 Å². The summed E-state index contributed by atoms with van der Waals surface area (Å²) in [6.07, 6.45) is 2.69. The molecule has 0 saturated heterocycles. The second-order valence-electron chi connectivity index (χ2n) is 6.92. The zero-order chi connectivity index (χ0) is 25.5. The lowest BCUT2D eigenvalue weighted by Crippen LogP contribution is -2.33. The number of carbonyl (C=O) groups is 3. The highest BCUT2D eigenvalue weighted by atomic mass is 35.5. The summed E-state index contributed by atoms with van der Waals surface area (Å²) in [6.45, 7) is 0. The first-order valence-corrected chi connectivity index (χ1v) is 11.0. The SMILES string of the molecule is COC(=O)c1cc(NC(=S)NC(=O)/C=C/c2ccc(-c3cc(Cl)cc(Cl)c3)o2)cc(C(=O)OC)c1. The van der Waals surface area contributed by atoms with Gasteiger partial charge in [0.15, 0.2) is 5.11 Å². The first kappa shape index (κ1) is 26.0. The van der Waals surface area contributed by atoms with Gasteiger partial charge >= 0.3 is 11.9 Å². The van der Waals surface area contributed by atoms with Gasteiger partial charge in [0.25, 0.3) is 0 Å². The van der Waals surface area contributed by atoms with Crippen LogP contribution in [0, 0.1) is 0 Å². The zero-order valence-corrected chi connectivity index (χ0v) is 20.7. The van der Waals surface area contributed by atoms with Crippen LogP contribution in [0.25, 0.3) is 17.4 Å². The lowest BCUT2D eigenvalue weighted by molar-refractivity contribution is -0.115. The number of amides is 1. The number of halogens is 2. The second kappa shape index (κ2) is 11.7. The molecule has 0 fully saturated rings. The van der Waals surface area contributed by atoms with E-state index in [9.17, 15) is 14.4 Å². The highest BCUT2D eigenvalue weighted by Crippen LogP contribution is 2.29. The molecule has 0 spiro atoms. The predicted octanol–water partition coefficient (Wildman–Crippen LogP) is 5.35.